The number of aliphatic hydroxyl groups is 1. The number of imidazole rings is 1. The summed E-state index contributed by atoms with van der Waals surface area (Å²) in [5.74, 6) is 1.25. The van der Waals surface area contributed by atoms with Gasteiger partial charge in [-0.2, -0.15) is 0 Å². The first kappa shape index (κ1) is 17.7. The van der Waals surface area contributed by atoms with Crippen LogP contribution in [0.4, 0.5) is 0 Å². The van der Waals surface area contributed by atoms with Gasteiger partial charge >= 0.3 is 0 Å². The Morgan fingerprint density at radius 2 is 2.12 bits per heavy atom. The van der Waals surface area contributed by atoms with E-state index in [9.17, 15) is 9.90 Å². The number of amides is 1. The van der Waals surface area contributed by atoms with Crippen molar-refractivity contribution >= 4 is 5.91 Å². The van der Waals surface area contributed by atoms with Gasteiger partial charge in [-0.05, 0) is 17.9 Å². The highest BCUT2D eigenvalue weighted by atomic mass is 16.3. The van der Waals surface area contributed by atoms with Crippen LogP contribution in [0.1, 0.15) is 31.7 Å². The maximum absolute atomic E-state index is 13.3. The molecule has 0 unspecified atom stereocenters. The molecule has 134 valence electrons. The smallest absolute Gasteiger partial charge is 0.226 e. The molecule has 5 nitrogen and oxygen atoms in total. The van der Waals surface area contributed by atoms with Crippen LogP contribution in [0.5, 0.6) is 0 Å². The maximum Gasteiger partial charge on any atom is 0.226 e. The Labute approximate surface area is 149 Å². The predicted octanol–water partition coefficient (Wildman–Crippen LogP) is 2.49. The number of rotatable bonds is 6. The highest BCUT2D eigenvalue weighted by Gasteiger charge is 2.33. The monoisotopic (exact) mass is 341 g/mol. The lowest BCUT2D eigenvalue weighted by Crippen LogP contribution is -2.48. The van der Waals surface area contributed by atoms with Crippen LogP contribution < -0.4 is 0 Å². The fourth-order valence-corrected chi connectivity index (χ4v) is 3.60. The molecule has 0 saturated carbocycles. The van der Waals surface area contributed by atoms with Gasteiger partial charge in [-0.1, -0.05) is 44.2 Å². The molecule has 2 heterocycles. The van der Waals surface area contributed by atoms with E-state index in [0.717, 1.165) is 24.4 Å². The zero-order valence-electron chi connectivity index (χ0n) is 15.0. The van der Waals surface area contributed by atoms with Crippen molar-refractivity contribution < 1.29 is 9.90 Å². The van der Waals surface area contributed by atoms with Gasteiger partial charge < -0.3 is 14.6 Å². The normalized spacial score (nSPS) is 18.0. The minimum atomic E-state index is -0.172. The molecule has 0 aliphatic carbocycles. The van der Waals surface area contributed by atoms with Gasteiger partial charge in [0.05, 0.1) is 12.6 Å². The Kier molecular flexibility index (Phi) is 5.53. The molecule has 0 spiro atoms. The second-order valence-corrected chi connectivity index (χ2v) is 7.17. The maximum atomic E-state index is 13.3. The largest absolute Gasteiger partial charge is 0.394 e. The fraction of sp³-hybridized carbons (Fsp3) is 0.500. The minimum Gasteiger partial charge on any atom is -0.394 e. The van der Waals surface area contributed by atoms with E-state index in [2.05, 4.69) is 23.4 Å². The van der Waals surface area contributed by atoms with Gasteiger partial charge in [-0.25, -0.2) is 4.98 Å². The molecule has 0 saturated heterocycles. The van der Waals surface area contributed by atoms with E-state index < -0.39 is 0 Å². The number of nitrogens with zero attached hydrogens (tertiary/aromatic N) is 3. The van der Waals surface area contributed by atoms with Crippen molar-refractivity contribution in [2.75, 3.05) is 6.61 Å². The molecule has 1 amide bonds. The number of fused-ring (bicyclic) bond motifs is 1. The third-order valence-electron chi connectivity index (χ3n) is 5.13. The summed E-state index contributed by atoms with van der Waals surface area (Å²) in [4.78, 5) is 19.6. The fourth-order valence-electron chi connectivity index (χ4n) is 3.60. The Morgan fingerprint density at radius 3 is 2.80 bits per heavy atom. The van der Waals surface area contributed by atoms with Crippen LogP contribution >= 0.6 is 0 Å². The quantitative estimate of drug-likeness (QED) is 0.878. The van der Waals surface area contributed by atoms with E-state index in [1.165, 1.54) is 0 Å². The van der Waals surface area contributed by atoms with E-state index in [4.69, 9.17) is 0 Å². The first-order valence-corrected chi connectivity index (χ1v) is 9.05. The van der Waals surface area contributed by atoms with Crippen molar-refractivity contribution in [3.63, 3.8) is 0 Å². The molecular formula is C20H27N3O2. The van der Waals surface area contributed by atoms with Crippen molar-refractivity contribution in [1.29, 1.82) is 0 Å². The van der Waals surface area contributed by atoms with Gasteiger partial charge in [0, 0.05) is 37.8 Å². The zero-order chi connectivity index (χ0) is 17.8. The molecule has 5 heteroatoms. The number of carbonyl (C=O) groups is 1. The Balaban J connectivity index is 1.81. The van der Waals surface area contributed by atoms with Crippen molar-refractivity contribution in [3.8, 4) is 0 Å². The van der Waals surface area contributed by atoms with E-state index >= 15 is 0 Å². The summed E-state index contributed by atoms with van der Waals surface area (Å²) in [5.41, 5.74) is 1.09. The summed E-state index contributed by atoms with van der Waals surface area (Å²) < 4.78 is 2.12. The lowest BCUT2D eigenvalue weighted by molar-refractivity contribution is -0.141. The van der Waals surface area contributed by atoms with Crippen LogP contribution in [0.15, 0.2) is 42.7 Å². The molecule has 2 aromatic rings. The Morgan fingerprint density at radius 1 is 1.36 bits per heavy atom. The highest BCUT2D eigenvalue weighted by Crippen LogP contribution is 2.25. The first-order chi connectivity index (χ1) is 12.1. The van der Waals surface area contributed by atoms with Gasteiger partial charge in [0.2, 0.25) is 5.91 Å². The Bertz CT molecular complexity index is 696. The summed E-state index contributed by atoms with van der Waals surface area (Å²) in [6, 6.07) is 9.83. The van der Waals surface area contributed by atoms with Gasteiger partial charge in [-0.15, -0.1) is 0 Å². The molecule has 3 rings (SSSR count). The van der Waals surface area contributed by atoms with E-state index in [0.29, 0.717) is 13.0 Å². The molecule has 1 N–H and O–H groups in total. The van der Waals surface area contributed by atoms with Gasteiger partial charge in [0.15, 0.2) is 0 Å². The van der Waals surface area contributed by atoms with Crippen molar-refractivity contribution in [2.24, 2.45) is 11.8 Å². The minimum absolute atomic E-state index is 0.0163. The van der Waals surface area contributed by atoms with Crippen LogP contribution in [0.25, 0.3) is 0 Å². The molecule has 0 radical (unpaired) electrons. The summed E-state index contributed by atoms with van der Waals surface area (Å²) in [6.07, 6.45) is 5.27. The second kappa shape index (κ2) is 7.83. The molecular weight excluding hydrogens is 314 g/mol. The Hall–Kier alpha value is -2.14. The first-order valence-electron chi connectivity index (χ1n) is 9.05. The molecule has 1 aromatic heterocycles. The number of benzene rings is 1. The van der Waals surface area contributed by atoms with E-state index in [1.807, 2.05) is 41.4 Å². The van der Waals surface area contributed by atoms with Crippen LogP contribution in [0, 0.1) is 11.8 Å². The number of aliphatic hydroxyl groups excluding tert-OH is 1. The predicted molar refractivity (Wildman–Crippen MR) is 96.7 cm³/mol. The van der Waals surface area contributed by atoms with E-state index in [-0.39, 0.29) is 30.4 Å². The van der Waals surface area contributed by atoms with E-state index in [1.54, 1.807) is 6.20 Å². The third-order valence-corrected chi connectivity index (χ3v) is 5.13. The highest BCUT2D eigenvalue weighted by molar-refractivity contribution is 5.79. The third kappa shape index (κ3) is 3.93. The molecule has 0 fully saturated rings. The average molecular weight is 341 g/mol. The number of hydrogen-bond acceptors (Lipinski definition) is 3. The standard InChI is InChI=1S/C20H27N3O2/c1-15(2)18(14-24)23(13-16-6-4-3-5-7-16)20(25)17-8-10-22-11-9-21-19(22)12-17/h3-7,9,11,15,17-18,24H,8,10,12-14H2,1-2H3/t17-,18-/m1/s1. The van der Waals surface area contributed by atoms with Crippen molar-refractivity contribution in [1.82, 2.24) is 14.5 Å². The van der Waals surface area contributed by atoms with Gasteiger partial charge in [0.25, 0.3) is 0 Å². The average Bonchev–Trinajstić information content (AvgIpc) is 3.09. The SMILES string of the molecule is CC(C)[C@@H](CO)N(Cc1ccccc1)C(=O)[C@@H]1CCn2ccnc2C1. The van der Waals surface area contributed by atoms with Gasteiger partial charge in [0.1, 0.15) is 5.82 Å². The van der Waals surface area contributed by atoms with Crippen LogP contribution in [-0.2, 0) is 24.3 Å². The lowest BCUT2D eigenvalue weighted by atomic mass is 9.93. The van der Waals surface area contributed by atoms with Gasteiger partial charge in [-0.3, -0.25) is 4.79 Å². The summed E-state index contributed by atoms with van der Waals surface area (Å²) in [6.45, 7) is 5.46. The van der Waals surface area contributed by atoms with Crippen molar-refractivity contribution in [2.45, 2.75) is 45.8 Å². The van der Waals surface area contributed by atoms with Crippen LogP contribution in [0.3, 0.4) is 0 Å². The molecule has 1 aliphatic heterocycles. The second-order valence-electron chi connectivity index (χ2n) is 7.17. The number of aryl methyl sites for hydroxylation is 1. The molecule has 2 atom stereocenters. The topological polar surface area (TPSA) is 58.4 Å². The number of hydrogen-bond donors (Lipinski definition) is 1. The molecule has 1 aliphatic rings. The van der Waals surface area contributed by atoms with Crippen LogP contribution in [0.2, 0.25) is 0 Å². The number of aromatic nitrogens is 2. The summed E-state index contributed by atoms with van der Waals surface area (Å²) >= 11 is 0. The van der Waals surface area contributed by atoms with Crippen molar-refractivity contribution in [3.05, 3.63) is 54.1 Å². The lowest BCUT2D eigenvalue weighted by Gasteiger charge is -2.37. The summed E-state index contributed by atoms with van der Waals surface area (Å²) in [7, 11) is 0. The molecule has 1 aromatic carbocycles. The summed E-state index contributed by atoms with van der Waals surface area (Å²) in [5, 5.41) is 9.91. The molecule has 0 bridgehead atoms. The zero-order valence-corrected chi connectivity index (χ0v) is 15.0. The van der Waals surface area contributed by atoms with Crippen LogP contribution in [-0.4, -0.2) is 38.1 Å². The number of carbonyl (C=O) groups excluding carboxylic acids is 1. The molecule has 25 heavy (non-hydrogen) atoms.